The topological polar surface area (TPSA) is 89.3 Å². The van der Waals surface area contributed by atoms with Crippen LogP contribution < -0.4 is 11.1 Å². The predicted octanol–water partition coefficient (Wildman–Crippen LogP) is 3.75. The fourth-order valence-corrected chi connectivity index (χ4v) is 4.97. The molecule has 3 aromatic carbocycles. The molecule has 0 spiro atoms. The van der Waals surface area contributed by atoms with Crippen molar-refractivity contribution in [1.29, 1.82) is 0 Å². The van der Waals surface area contributed by atoms with Gasteiger partial charge in [0.2, 0.25) is 11.8 Å². The van der Waals surface area contributed by atoms with E-state index in [-0.39, 0.29) is 24.0 Å². The molecule has 5 nitrogen and oxygen atoms in total. The molecule has 5 heteroatoms. The van der Waals surface area contributed by atoms with Gasteiger partial charge in [0.15, 0.2) is 0 Å². The third kappa shape index (κ3) is 4.44. The van der Waals surface area contributed by atoms with Gasteiger partial charge in [-0.1, -0.05) is 91.0 Å². The minimum absolute atomic E-state index is 0.104. The van der Waals surface area contributed by atoms with Crippen molar-refractivity contribution >= 4 is 17.6 Å². The Kier molecular flexibility index (Phi) is 6.68. The molecule has 0 radical (unpaired) electrons. The van der Waals surface area contributed by atoms with Gasteiger partial charge in [-0.3, -0.25) is 14.4 Å². The van der Waals surface area contributed by atoms with Gasteiger partial charge in [-0.15, -0.1) is 0 Å². The highest BCUT2D eigenvalue weighted by Gasteiger charge is 2.46. The Morgan fingerprint density at radius 1 is 0.818 bits per heavy atom. The number of Topliss-reactive ketones (excluding diaryl/α,β-unsaturated/α-hetero) is 1. The molecule has 0 saturated heterocycles. The second-order valence-corrected chi connectivity index (χ2v) is 8.60. The molecule has 2 atom stereocenters. The van der Waals surface area contributed by atoms with Crippen molar-refractivity contribution in [2.75, 3.05) is 0 Å². The molecule has 1 aliphatic rings. The van der Waals surface area contributed by atoms with E-state index < -0.39 is 17.4 Å². The van der Waals surface area contributed by atoms with Crippen LogP contribution >= 0.6 is 0 Å². The molecule has 4 rings (SSSR count). The van der Waals surface area contributed by atoms with Crippen LogP contribution in [0.25, 0.3) is 0 Å². The van der Waals surface area contributed by atoms with Crippen LogP contribution in [0.2, 0.25) is 0 Å². The average molecular weight is 441 g/mol. The number of hydrogen-bond donors (Lipinski definition) is 2. The summed E-state index contributed by atoms with van der Waals surface area (Å²) in [4.78, 5) is 38.9. The minimum Gasteiger partial charge on any atom is -0.368 e. The van der Waals surface area contributed by atoms with Crippen LogP contribution in [0.4, 0.5) is 0 Å². The van der Waals surface area contributed by atoms with Gasteiger partial charge in [0.25, 0.3) is 0 Å². The maximum Gasteiger partial charge on any atom is 0.240 e. The highest BCUT2D eigenvalue weighted by molar-refractivity contribution is 5.99. The molecule has 0 unspecified atom stereocenters. The normalized spacial score (nSPS) is 17.2. The Balaban J connectivity index is 1.86. The van der Waals surface area contributed by atoms with E-state index in [1.54, 1.807) is 0 Å². The fraction of sp³-hybridized carbons (Fsp3) is 0.250. The summed E-state index contributed by atoms with van der Waals surface area (Å²) in [6, 6.07) is 27.7. The van der Waals surface area contributed by atoms with Crippen molar-refractivity contribution in [2.45, 2.75) is 37.1 Å². The molecule has 1 saturated carbocycles. The zero-order valence-corrected chi connectivity index (χ0v) is 18.4. The first-order valence-corrected chi connectivity index (χ1v) is 11.3. The third-order valence-corrected chi connectivity index (χ3v) is 6.55. The van der Waals surface area contributed by atoms with Crippen molar-refractivity contribution in [3.63, 3.8) is 0 Å². The Labute approximate surface area is 194 Å². The van der Waals surface area contributed by atoms with Crippen molar-refractivity contribution in [3.8, 4) is 0 Å². The zero-order chi connectivity index (χ0) is 23.3. The number of hydrogen-bond acceptors (Lipinski definition) is 3. The summed E-state index contributed by atoms with van der Waals surface area (Å²) in [5, 5.41) is 2.98. The number of benzene rings is 3. The summed E-state index contributed by atoms with van der Waals surface area (Å²) in [5.41, 5.74) is 6.90. The molecular weight excluding hydrogens is 412 g/mol. The van der Waals surface area contributed by atoms with Gasteiger partial charge in [0.1, 0.15) is 17.2 Å². The van der Waals surface area contributed by atoms with Crippen LogP contribution in [0.3, 0.4) is 0 Å². The summed E-state index contributed by atoms with van der Waals surface area (Å²) >= 11 is 0. The molecule has 0 aromatic heterocycles. The third-order valence-electron chi connectivity index (χ3n) is 6.55. The molecule has 0 bridgehead atoms. The molecule has 1 aliphatic carbocycles. The Morgan fingerprint density at radius 3 is 1.67 bits per heavy atom. The van der Waals surface area contributed by atoms with E-state index in [1.807, 2.05) is 91.0 Å². The van der Waals surface area contributed by atoms with Crippen molar-refractivity contribution in [2.24, 2.45) is 11.7 Å². The summed E-state index contributed by atoms with van der Waals surface area (Å²) in [6.07, 6.45) is 2.14. The molecular formula is C28H28N2O3. The van der Waals surface area contributed by atoms with E-state index in [4.69, 9.17) is 5.73 Å². The van der Waals surface area contributed by atoms with Gasteiger partial charge in [0.05, 0.1) is 0 Å². The fourth-order valence-electron chi connectivity index (χ4n) is 4.97. The van der Waals surface area contributed by atoms with Crippen molar-refractivity contribution in [3.05, 3.63) is 108 Å². The van der Waals surface area contributed by atoms with Crippen LogP contribution in [-0.2, 0) is 19.8 Å². The number of carbonyl (C=O) groups is 3. The van der Waals surface area contributed by atoms with Crippen LogP contribution in [0, 0.1) is 5.92 Å². The van der Waals surface area contributed by atoms with Gasteiger partial charge in [0, 0.05) is 12.8 Å². The molecule has 168 valence electrons. The number of nitrogens with one attached hydrogen (secondary N) is 1. The molecule has 3 N–H and O–H groups in total. The lowest BCUT2D eigenvalue weighted by Gasteiger charge is -2.37. The number of primary amides is 1. The monoisotopic (exact) mass is 440 g/mol. The average Bonchev–Trinajstić information content (AvgIpc) is 2.85. The van der Waals surface area contributed by atoms with Gasteiger partial charge >= 0.3 is 0 Å². The van der Waals surface area contributed by atoms with Crippen molar-refractivity contribution < 1.29 is 14.4 Å². The highest BCUT2D eigenvalue weighted by atomic mass is 16.2. The van der Waals surface area contributed by atoms with Crippen LogP contribution in [0.5, 0.6) is 0 Å². The molecule has 0 heterocycles. The quantitative estimate of drug-likeness (QED) is 0.549. The van der Waals surface area contributed by atoms with E-state index in [0.29, 0.717) is 19.3 Å². The zero-order valence-electron chi connectivity index (χ0n) is 18.4. The van der Waals surface area contributed by atoms with Crippen LogP contribution in [-0.4, -0.2) is 23.6 Å². The molecule has 1 fully saturated rings. The first kappa shape index (κ1) is 22.5. The molecule has 3 aromatic rings. The number of rotatable bonds is 7. The lowest BCUT2D eigenvalue weighted by molar-refractivity contribution is -0.132. The largest absolute Gasteiger partial charge is 0.368 e. The Morgan fingerprint density at radius 2 is 1.27 bits per heavy atom. The standard InChI is InChI=1S/C28H28N2O3/c29-26(32)25(20-11-10-18-24(31)19-20)30-27(33)28(21-12-4-1-5-13-21,22-14-6-2-7-15-22)23-16-8-3-9-17-23/h1-9,12-17,20,25H,10-11,18-19H2,(H2,29,32)(H,30,33)/t20-,25-/m0/s1. The van der Waals surface area contributed by atoms with E-state index >= 15 is 0 Å². The SMILES string of the molecule is NC(=O)[C@@H](NC(=O)C(c1ccccc1)(c1ccccc1)c1ccccc1)[C@H]1CCCC(=O)C1. The summed E-state index contributed by atoms with van der Waals surface area (Å²) in [7, 11) is 0. The summed E-state index contributed by atoms with van der Waals surface area (Å²) < 4.78 is 0. The summed E-state index contributed by atoms with van der Waals surface area (Å²) in [5.74, 6) is -1.15. The Hall–Kier alpha value is -3.73. The van der Waals surface area contributed by atoms with Crippen LogP contribution in [0.1, 0.15) is 42.4 Å². The summed E-state index contributed by atoms with van der Waals surface area (Å²) in [6.45, 7) is 0. The Bertz CT molecular complexity index is 1020. The lowest BCUT2D eigenvalue weighted by Crippen LogP contribution is -2.56. The predicted molar refractivity (Wildman–Crippen MR) is 127 cm³/mol. The second kappa shape index (κ2) is 9.82. The van der Waals surface area contributed by atoms with E-state index in [2.05, 4.69) is 5.32 Å². The number of carbonyl (C=O) groups excluding carboxylic acids is 3. The van der Waals surface area contributed by atoms with E-state index in [1.165, 1.54) is 0 Å². The first-order valence-electron chi connectivity index (χ1n) is 11.3. The molecule has 33 heavy (non-hydrogen) atoms. The number of ketones is 1. The smallest absolute Gasteiger partial charge is 0.240 e. The minimum atomic E-state index is -1.20. The van der Waals surface area contributed by atoms with E-state index in [0.717, 1.165) is 16.7 Å². The maximum absolute atomic E-state index is 14.3. The molecule has 0 aliphatic heterocycles. The van der Waals surface area contributed by atoms with Crippen LogP contribution in [0.15, 0.2) is 91.0 Å². The number of amides is 2. The second-order valence-electron chi connectivity index (χ2n) is 8.60. The van der Waals surface area contributed by atoms with Gasteiger partial charge in [-0.25, -0.2) is 0 Å². The molecule has 2 amide bonds. The highest BCUT2D eigenvalue weighted by Crippen LogP contribution is 2.40. The van der Waals surface area contributed by atoms with E-state index in [9.17, 15) is 14.4 Å². The van der Waals surface area contributed by atoms with Gasteiger partial charge in [-0.05, 0) is 35.4 Å². The first-order chi connectivity index (χ1) is 16.0. The maximum atomic E-state index is 14.3. The van der Waals surface area contributed by atoms with Gasteiger partial charge < -0.3 is 11.1 Å². The van der Waals surface area contributed by atoms with Gasteiger partial charge in [-0.2, -0.15) is 0 Å². The van der Waals surface area contributed by atoms with Crippen molar-refractivity contribution in [1.82, 2.24) is 5.32 Å². The number of nitrogens with two attached hydrogens (primary N) is 1. The lowest BCUT2D eigenvalue weighted by atomic mass is 9.68.